The van der Waals surface area contributed by atoms with Crippen LogP contribution in [-0.2, 0) is 6.42 Å². The van der Waals surface area contributed by atoms with Gasteiger partial charge in [0.05, 0.1) is 11.3 Å². The number of nitrogens with zero attached hydrogens (tertiary/aromatic N) is 4. The monoisotopic (exact) mass is 316 g/mol. The molecule has 3 aromatic rings. The van der Waals surface area contributed by atoms with Crippen molar-refractivity contribution in [1.29, 1.82) is 0 Å². The van der Waals surface area contributed by atoms with Crippen molar-refractivity contribution in [3.05, 3.63) is 59.5 Å². The van der Waals surface area contributed by atoms with Crippen LogP contribution in [0.3, 0.4) is 0 Å². The Morgan fingerprint density at radius 3 is 2.92 bits per heavy atom. The van der Waals surface area contributed by atoms with Gasteiger partial charge in [-0.05, 0) is 43.0 Å². The zero-order chi connectivity index (χ0) is 16.4. The minimum Gasteiger partial charge on any atom is -0.410 e. The molecule has 3 aromatic heterocycles. The Morgan fingerprint density at radius 2 is 2.04 bits per heavy atom. The maximum atomic E-state index is 11.8. The van der Waals surface area contributed by atoms with Gasteiger partial charge >= 0.3 is 0 Å². The van der Waals surface area contributed by atoms with E-state index in [1.165, 1.54) is 0 Å². The van der Waals surface area contributed by atoms with Gasteiger partial charge in [0.25, 0.3) is 5.89 Å². The van der Waals surface area contributed by atoms with Gasteiger partial charge in [0.1, 0.15) is 5.69 Å². The molecule has 0 N–H and O–H groups in total. The summed E-state index contributed by atoms with van der Waals surface area (Å²) in [5, 5.41) is 7.86. The zero-order valence-corrected chi connectivity index (χ0v) is 12.7. The third-order valence-corrected chi connectivity index (χ3v) is 3.72. The molecule has 0 bridgehead atoms. The fourth-order valence-electron chi connectivity index (χ4n) is 2.56. The molecule has 0 amide bonds. The molecule has 0 saturated heterocycles. The van der Waals surface area contributed by atoms with Gasteiger partial charge < -0.3 is 4.42 Å². The zero-order valence-electron chi connectivity index (χ0n) is 12.7. The van der Waals surface area contributed by atoms with Crippen LogP contribution < -0.4 is 0 Å². The summed E-state index contributed by atoms with van der Waals surface area (Å²) < 4.78 is 5.50. The minimum atomic E-state index is 0.154. The number of aromatic nitrogens is 4. The first-order chi connectivity index (χ1) is 11.8. The second kappa shape index (κ2) is 6.05. The average molecular weight is 316 g/mol. The van der Waals surface area contributed by atoms with E-state index >= 15 is 0 Å². The van der Waals surface area contributed by atoms with Gasteiger partial charge in [-0.2, -0.15) is 0 Å². The van der Waals surface area contributed by atoms with Gasteiger partial charge in [0.2, 0.25) is 5.89 Å². The molecule has 0 aromatic carbocycles. The number of carbonyl (C=O) groups is 1. The van der Waals surface area contributed by atoms with E-state index in [4.69, 9.17) is 4.42 Å². The number of carbonyl (C=O) groups excluding carboxylic acids is 1. The molecule has 3 heterocycles. The van der Waals surface area contributed by atoms with Crippen LogP contribution in [0.4, 0.5) is 0 Å². The number of pyridine rings is 2. The number of rotatable bonds is 1. The van der Waals surface area contributed by atoms with Crippen LogP contribution in [-0.4, -0.2) is 25.9 Å². The molecule has 0 spiro atoms. The van der Waals surface area contributed by atoms with E-state index < -0.39 is 0 Å². The third-order valence-electron chi connectivity index (χ3n) is 3.72. The maximum Gasteiger partial charge on any atom is 0.294 e. The predicted molar refractivity (Wildman–Crippen MR) is 85.0 cm³/mol. The average Bonchev–Trinajstić information content (AvgIpc) is 3.10. The molecule has 116 valence electrons. The van der Waals surface area contributed by atoms with Crippen LogP contribution in [0.1, 0.15) is 40.5 Å². The summed E-state index contributed by atoms with van der Waals surface area (Å²) >= 11 is 0. The molecule has 0 radical (unpaired) electrons. The van der Waals surface area contributed by atoms with Crippen molar-refractivity contribution < 1.29 is 9.21 Å². The highest BCUT2D eigenvalue weighted by Crippen LogP contribution is 2.19. The van der Waals surface area contributed by atoms with E-state index in [1.54, 1.807) is 30.6 Å². The van der Waals surface area contributed by atoms with E-state index in [9.17, 15) is 4.79 Å². The molecule has 0 atom stereocenters. The second-order valence-electron chi connectivity index (χ2n) is 5.37. The van der Waals surface area contributed by atoms with E-state index in [0.29, 0.717) is 23.6 Å². The van der Waals surface area contributed by atoms with Crippen LogP contribution in [0, 0.1) is 11.8 Å². The number of hydrogen-bond donors (Lipinski definition) is 0. The Labute approximate surface area is 138 Å². The fraction of sp³-hybridized carbons (Fsp3) is 0.167. The Kier molecular flexibility index (Phi) is 3.60. The molecule has 24 heavy (non-hydrogen) atoms. The van der Waals surface area contributed by atoms with Gasteiger partial charge in [-0.25, -0.2) is 4.98 Å². The first-order valence-electron chi connectivity index (χ1n) is 7.59. The number of fused-ring (bicyclic) bond motifs is 1. The molecule has 4 rings (SSSR count). The maximum absolute atomic E-state index is 11.8. The fourth-order valence-corrected chi connectivity index (χ4v) is 2.56. The Bertz CT molecular complexity index is 967. The van der Waals surface area contributed by atoms with Gasteiger partial charge in [-0.15, -0.1) is 5.10 Å². The summed E-state index contributed by atoms with van der Waals surface area (Å²) in [4.78, 5) is 20.3. The van der Waals surface area contributed by atoms with Crippen molar-refractivity contribution in [2.24, 2.45) is 0 Å². The van der Waals surface area contributed by atoms with Gasteiger partial charge in [0.15, 0.2) is 5.78 Å². The van der Waals surface area contributed by atoms with Crippen molar-refractivity contribution in [1.82, 2.24) is 20.2 Å². The second-order valence-corrected chi connectivity index (χ2v) is 5.37. The van der Waals surface area contributed by atoms with Crippen LogP contribution in [0.25, 0.3) is 11.5 Å². The smallest absolute Gasteiger partial charge is 0.294 e. The number of hydrogen-bond acceptors (Lipinski definition) is 6. The highest BCUT2D eigenvalue weighted by molar-refractivity contribution is 5.98. The van der Waals surface area contributed by atoms with E-state index in [-0.39, 0.29) is 11.7 Å². The highest BCUT2D eigenvalue weighted by Gasteiger charge is 2.18. The Hall–Kier alpha value is -3.33. The topological polar surface area (TPSA) is 81.8 Å². The summed E-state index contributed by atoms with van der Waals surface area (Å²) in [6.07, 6.45) is 5.56. The normalized spacial score (nSPS) is 13.1. The van der Waals surface area contributed by atoms with Crippen molar-refractivity contribution in [2.75, 3.05) is 0 Å². The van der Waals surface area contributed by atoms with E-state index in [0.717, 1.165) is 24.1 Å². The lowest BCUT2D eigenvalue weighted by atomic mass is 9.94. The quantitative estimate of drug-likeness (QED) is 0.641. The van der Waals surface area contributed by atoms with E-state index in [2.05, 4.69) is 32.0 Å². The molecule has 0 aliphatic heterocycles. The molecule has 6 heteroatoms. The molecule has 0 unspecified atom stereocenters. The lowest BCUT2D eigenvalue weighted by Crippen LogP contribution is -2.12. The number of aryl methyl sites for hydroxylation is 1. The van der Waals surface area contributed by atoms with Crippen molar-refractivity contribution in [3.8, 4) is 23.3 Å². The van der Waals surface area contributed by atoms with E-state index in [1.807, 2.05) is 6.07 Å². The lowest BCUT2D eigenvalue weighted by Gasteiger charge is -2.12. The number of Topliss-reactive ketones (excluding diaryl/α,β-unsaturated/α-hetero) is 1. The molecule has 1 aliphatic rings. The van der Waals surface area contributed by atoms with Crippen LogP contribution in [0.15, 0.2) is 41.1 Å². The molecular formula is C18H12N4O2. The van der Waals surface area contributed by atoms with Crippen LogP contribution in [0.2, 0.25) is 0 Å². The molecule has 0 saturated carbocycles. The van der Waals surface area contributed by atoms with Gasteiger partial charge in [-0.3, -0.25) is 9.78 Å². The lowest BCUT2D eigenvalue weighted by molar-refractivity contribution is 0.0971. The molecular weight excluding hydrogens is 304 g/mol. The highest BCUT2D eigenvalue weighted by atomic mass is 16.4. The predicted octanol–water partition coefficient (Wildman–Crippen LogP) is 2.45. The Morgan fingerprint density at radius 1 is 1.08 bits per heavy atom. The first kappa shape index (κ1) is 14.3. The summed E-state index contributed by atoms with van der Waals surface area (Å²) in [6, 6.07) is 7.17. The standard InChI is InChI=1S/C18H12N4O2/c23-16-5-1-4-15-14(16)8-6-13(20-15)7-9-17-21-22-18(24-17)12-3-2-10-19-11-12/h2-3,6,8,10-11H,1,4-5H2. The summed E-state index contributed by atoms with van der Waals surface area (Å²) in [6.45, 7) is 0. The molecule has 0 fully saturated rings. The SMILES string of the molecule is O=C1CCCc2nc(C#Cc3nnc(-c4cccnc4)o3)ccc21. The summed E-state index contributed by atoms with van der Waals surface area (Å²) in [5.74, 6) is 6.46. The van der Waals surface area contributed by atoms with Crippen LogP contribution >= 0.6 is 0 Å². The van der Waals surface area contributed by atoms with Crippen LogP contribution in [0.5, 0.6) is 0 Å². The van der Waals surface area contributed by atoms with Gasteiger partial charge in [0, 0.05) is 30.3 Å². The van der Waals surface area contributed by atoms with Gasteiger partial charge in [-0.1, -0.05) is 5.10 Å². The molecule has 1 aliphatic carbocycles. The van der Waals surface area contributed by atoms with Crippen molar-refractivity contribution in [3.63, 3.8) is 0 Å². The summed E-state index contributed by atoms with van der Waals surface area (Å²) in [5.41, 5.74) is 2.86. The first-order valence-corrected chi connectivity index (χ1v) is 7.59. The largest absolute Gasteiger partial charge is 0.410 e. The number of ketones is 1. The summed E-state index contributed by atoms with van der Waals surface area (Å²) in [7, 11) is 0. The molecule has 6 nitrogen and oxygen atoms in total. The van der Waals surface area contributed by atoms with Crippen molar-refractivity contribution >= 4 is 5.78 Å². The van der Waals surface area contributed by atoms with Crippen molar-refractivity contribution in [2.45, 2.75) is 19.3 Å². The third kappa shape index (κ3) is 2.79. The minimum absolute atomic E-state index is 0.154. The Balaban J connectivity index is 1.59.